The van der Waals surface area contributed by atoms with Crippen molar-refractivity contribution in [1.29, 1.82) is 0 Å². The number of hydrogen-bond donors (Lipinski definition) is 0. The molecule has 0 N–H and O–H groups in total. The lowest BCUT2D eigenvalue weighted by Gasteiger charge is -2.35. The monoisotopic (exact) mass is 478 g/mol. The highest BCUT2D eigenvalue weighted by Gasteiger charge is 2.56. The number of benzene rings is 1. The van der Waals surface area contributed by atoms with Gasteiger partial charge in [0.1, 0.15) is 17.8 Å². The van der Waals surface area contributed by atoms with Crippen molar-refractivity contribution < 1.29 is 41.8 Å². The van der Waals surface area contributed by atoms with Gasteiger partial charge in [0.25, 0.3) is 0 Å². The highest BCUT2D eigenvalue weighted by atomic mass is 19.4. The summed E-state index contributed by atoms with van der Waals surface area (Å²) in [5, 5.41) is 0. The quantitative estimate of drug-likeness (QED) is 0.269. The molecular weight excluding hydrogens is 453 g/mol. The zero-order valence-corrected chi connectivity index (χ0v) is 19.0. The van der Waals surface area contributed by atoms with Crippen LogP contribution in [0.1, 0.15) is 56.0 Å². The Bertz CT molecular complexity index is 1090. The van der Waals surface area contributed by atoms with Gasteiger partial charge in [-0.15, -0.1) is 0 Å². The Balaban J connectivity index is 1.64. The SMILES string of the molecule is C=C1C(=O)O[C@@H]2C3=C(C)[C@@H](OC(=O)c4ccc(C(F)(F)F)cc4)CC3[C@](C)(OC(C)=O)CC[C@@H]12. The fourth-order valence-electron chi connectivity index (χ4n) is 5.39. The number of ether oxygens (including phenoxy) is 3. The lowest BCUT2D eigenvalue weighted by molar-refractivity contribution is -0.161. The molecule has 1 saturated carbocycles. The second kappa shape index (κ2) is 8.29. The van der Waals surface area contributed by atoms with E-state index in [0.717, 1.165) is 29.8 Å². The van der Waals surface area contributed by atoms with Crippen molar-refractivity contribution in [3.63, 3.8) is 0 Å². The number of carbonyl (C=O) groups excluding carboxylic acids is 3. The summed E-state index contributed by atoms with van der Waals surface area (Å²) in [6.45, 7) is 8.78. The summed E-state index contributed by atoms with van der Waals surface area (Å²) in [7, 11) is 0. The molecule has 1 saturated heterocycles. The Morgan fingerprint density at radius 3 is 2.44 bits per heavy atom. The summed E-state index contributed by atoms with van der Waals surface area (Å²) < 4.78 is 55.6. The molecular formula is C25H25F3O6. The molecule has 0 bridgehead atoms. The van der Waals surface area contributed by atoms with Crippen molar-refractivity contribution in [3.8, 4) is 0 Å². The standard InChI is InChI=1S/C25H25F3O6/c1-12-17-9-10-24(4,34-14(3)29)18-11-19(13(2)20(18)21(17)33-22(12)30)32-23(31)15-5-7-16(8-6-15)25(26,27)28/h5-8,17-19,21H,1,9-11H2,2-4H3/t17-,18?,19-,21-,24+/m0/s1. The normalized spacial score (nSPS) is 30.9. The molecule has 3 aliphatic rings. The molecule has 0 amide bonds. The van der Waals surface area contributed by atoms with Gasteiger partial charge in [-0.05, 0) is 68.5 Å². The van der Waals surface area contributed by atoms with Gasteiger partial charge in [-0.25, -0.2) is 9.59 Å². The highest BCUT2D eigenvalue weighted by Crippen LogP contribution is 2.53. The average molecular weight is 478 g/mol. The largest absolute Gasteiger partial charge is 0.459 e. The molecule has 0 aromatic heterocycles. The van der Waals surface area contributed by atoms with E-state index >= 15 is 0 Å². The van der Waals surface area contributed by atoms with Gasteiger partial charge in [0.05, 0.1) is 11.1 Å². The molecule has 182 valence electrons. The summed E-state index contributed by atoms with van der Waals surface area (Å²) in [5.41, 5.74) is 0.0126. The van der Waals surface area contributed by atoms with Gasteiger partial charge in [0.2, 0.25) is 0 Å². The Labute approximate surface area is 194 Å². The van der Waals surface area contributed by atoms with E-state index in [9.17, 15) is 27.6 Å². The first-order valence-electron chi connectivity index (χ1n) is 11.0. The van der Waals surface area contributed by atoms with E-state index in [0.29, 0.717) is 30.4 Å². The zero-order valence-electron chi connectivity index (χ0n) is 19.0. The Hall–Kier alpha value is -3.10. The maximum absolute atomic E-state index is 12.8. The van der Waals surface area contributed by atoms with Gasteiger partial charge in [0.15, 0.2) is 0 Å². The minimum Gasteiger partial charge on any atom is -0.459 e. The summed E-state index contributed by atoms with van der Waals surface area (Å²) in [6.07, 6.45) is -4.51. The van der Waals surface area contributed by atoms with Crippen molar-refractivity contribution >= 4 is 17.9 Å². The van der Waals surface area contributed by atoms with E-state index in [1.807, 2.05) is 6.92 Å². The lowest BCUT2D eigenvalue weighted by atomic mass is 9.81. The molecule has 0 radical (unpaired) electrons. The molecule has 9 heteroatoms. The van der Waals surface area contributed by atoms with E-state index in [4.69, 9.17) is 14.2 Å². The number of carbonyl (C=O) groups is 3. The van der Waals surface area contributed by atoms with Crippen molar-refractivity contribution in [2.24, 2.45) is 11.8 Å². The lowest BCUT2D eigenvalue weighted by Crippen LogP contribution is -2.40. The predicted octanol–water partition coefficient (Wildman–Crippen LogP) is 4.78. The van der Waals surface area contributed by atoms with E-state index in [2.05, 4.69) is 6.58 Å². The molecule has 1 unspecified atom stereocenters. The van der Waals surface area contributed by atoms with Crippen molar-refractivity contribution in [2.45, 2.75) is 64.0 Å². The molecule has 2 fully saturated rings. The van der Waals surface area contributed by atoms with Gasteiger partial charge >= 0.3 is 24.1 Å². The summed E-state index contributed by atoms with van der Waals surface area (Å²) >= 11 is 0. The van der Waals surface area contributed by atoms with E-state index in [1.165, 1.54) is 6.92 Å². The van der Waals surface area contributed by atoms with Crippen LogP contribution in [0, 0.1) is 11.8 Å². The maximum atomic E-state index is 12.8. The third kappa shape index (κ3) is 4.12. The number of esters is 3. The second-order valence-electron chi connectivity index (χ2n) is 9.30. The van der Waals surface area contributed by atoms with Crippen molar-refractivity contribution in [1.82, 2.24) is 0 Å². The molecule has 1 aromatic carbocycles. The van der Waals surface area contributed by atoms with Gasteiger partial charge < -0.3 is 14.2 Å². The fourth-order valence-corrected chi connectivity index (χ4v) is 5.39. The van der Waals surface area contributed by atoms with Crippen LogP contribution in [-0.2, 0) is 30.0 Å². The first-order chi connectivity index (χ1) is 15.8. The predicted molar refractivity (Wildman–Crippen MR) is 113 cm³/mol. The number of alkyl halides is 3. The van der Waals surface area contributed by atoms with Crippen LogP contribution in [0.3, 0.4) is 0 Å². The van der Waals surface area contributed by atoms with Crippen LogP contribution in [-0.4, -0.2) is 35.7 Å². The van der Waals surface area contributed by atoms with Crippen LogP contribution >= 0.6 is 0 Å². The van der Waals surface area contributed by atoms with Crippen molar-refractivity contribution in [2.75, 3.05) is 0 Å². The second-order valence-corrected chi connectivity index (χ2v) is 9.30. The van der Waals surface area contributed by atoms with E-state index in [-0.39, 0.29) is 17.4 Å². The molecule has 1 aliphatic heterocycles. The molecule has 1 aromatic rings. The summed E-state index contributed by atoms with van der Waals surface area (Å²) in [6, 6.07) is 3.80. The molecule has 1 heterocycles. The van der Waals surface area contributed by atoms with Crippen LogP contribution in [0.5, 0.6) is 0 Å². The van der Waals surface area contributed by atoms with Crippen LogP contribution in [0.2, 0.25) is 0 Å². The third-order valence-corrected chi connectivity index (χ3v) is 7.14. The molecule has 34 heavy (non-hydrogen) atoms. The number of halogens is 3. The van der Waals surface area contributed by atoms with Gasteiger partial charge in [-0.3, -0.25) is 4.79 Å². The number of fused-ring (bicyclic) bond motifs is 3. The smallest absolute Gasteiger partial charge is 0.416 e. The average Bonchev–Trinajstić information content (AvgIpc) is 3.18. The Kier molecular flexibility index (Phi) is 5.86. The van der Waals surface area contributed by atoms with Crippen LogP contribution in [0.15, 0.2) is 47.6 Å². The third-order valence-electron chi connectivity index (χ3n) is 7.14. The highest BCUT2D eigenvalue weighted by molar-refractivity contribution is 5.91. The molecule has 2 aliphatic carbocycles. The van der Waals surface area contributed by atoms with Crippen LogP contribution in [0.4, 0.5) is 13.2 Å². The number of hydrogen-bond acceptors (Lipinski definition) is 6. The topological polar surface area (TPSA) is 78.9 Å². The van der Waals surface area contributed by atoms with Crippen molar-refractivity contribution in [3.05, 3.63) is 58.7 Å². The molecule has 4 rings (SSSR count). The molecule has 0 spiro atoms. The Morgan fingerprint density at radius 1 is 1.21 bits per heavy atom. The minimum atomic E-state index is -4.51. The molecule has 6 nitrogen and oxygen atoms in total. The summed E-state index contributed by atoms with van der Waals surface area (Å²) in [4.78, 5) is 36.9. The molecule has 5 atom stereocenters. The van der Waals surface area contributed by atoms with Crippen LogP contribution in [0.25, 0.3) is 0 Å². The maximum Gasteiger partial charge on any atom is 0.416 e. The first kappa shape index (κ1) is 24.0. The zero-order chi connectivity index (χ0) is 25.0. The minimum absolute atomic E-state index is 0.0146. The summed E-state index contributed by atoms with van der Waals surface area (Å²) in [5.74, 6) is -2.34. The first-order valence-corrected chi connectivity index (χ1v) is 11.0. The van der Waals surface area contributed by atoms with Gasteiger partial charge in [-0.2, -0.15) is 13.2 Å². The number of rotatable bonds is 3. The van der Waals surface area contributed by atoms with Gasteiger partial charge in [0, 0.05) is 24.3 Å². The van der Waals surface area contributed by atoms with E-state index in [1.54, 1.807) is 6.92 Å². The van der Waals surface area contributed by atoms with Gasteiger partial charge in [-0.1, -0.05) is 6.58 Å². The van der Waals surface area contributed by atoms with E-state index < -0.39 is 47.5 Å². The van der Waals surface area contributed by atoms with Crippen LogP contribution < -0.4 is 0 Å². The fraction of sp³-hybridized carbons (Fsp3) is 0.480. The Morgan fingerprint density at radius 2 is 1.85 bits per heavy atom.